The van der Waals surface area contributed by atoms with Crippen LogP contribution in [0.2, 0.25) is 0 Å². The molecular weight excluding hydrogens is 527 g/mol. The second-order valence-corrected chi connectivity index (χ2v) is 10.1. The first-order valence-electron chi connectivity index (χ1n) is 12.7. The molecule has 3 aromatic rings. The summed E-state index contributed by atoms with van der Waals surface area (Å²) in [5.74, 6) is -0.0671. The molecule has 1 aliphatic heterocycles. The smallest absolute Gasteiger partial charge is 0.497 e. The fourth-order valence-corrected chi connectivity index (χ4v) is 5.46. The van der Waals surface area contributed by atoms with Crippen LogP contribution in [-0.4, -0.2) is 32.5 Å². The molecule has 0 aromatic heterocycles. The van der Waals surface area contributed by atoms with Crippen molar-refractivity contribution in [2.75, 3.05) is 14.2 Å². The van der Waals surface area contributed by atoms with Crippen LogP contribution in [0.15, 0.2) is 60.7 Å². The molecule has 0 fully saturated rings. The lowest BCUT2D eigenvalue weighted by atomic mass is 9.82. The SMILES string of the molecule is COC(=O)c1cccc([C@H]2C[C@@H](NC(=O)C3(C)CCc4ccc(OC(F)(F)F)cc43)c3ccc(OC)cc3O2)c1. The minimum Gasteiger partial charge on any atom is -0.497 e. The number of aryl methyl sites for hydroxylation is 1. The van der Waals surface area contributed by atoms with Crippen molar-refractivity contribution in [3.8, 4) is 17.2 Å². The number of esters is 1. The number of rotatable bonds is 6. The van der Waals surface area contributed by atoms with Crippen LogP contribution in [0, 0.1) is 0 Å². The summed E-state index contributed by atoms with van der Waals surface area (Å²) in [7, 11) is 2.84. The van der Waals surface area contributed by atoms with Gasteiger partial charge in [-0.1, -0.05) is 18.2 Å². The van der Waals surface area contributed by atoms with Crippen molar-refractivity contribution < 1.29 is 41.7 Å². The van der Waals surface area contributed by atoms with Gasteiger partial charge in [0.15, 0.2) is 0 Å². The standard InChI is InChI=1S/C30H28F3NO6/c1-29(12-11-17-7-8-21(14-23(17)29)40-30(31,32)33)28(36)34-24-16-25(18-5-4-6-19(13-18)27(35)38-3)39-26-15-20(37-2)9-10-22(24)26/h4-10,13-15,24-25H,11-12,16H2,1-3H3,(H,34,36)/t24-,25-,29?/m1/s1. The summed E-state index contributed by atoms with van der Waals surface area (Å²) in [5.41, 5.74) is 2.09. The van der Waals surface area contributed by atoms with Crippen LogP contribution >= 0.6 is 0 Å². The summed E-state index contributed by atoms with van der Waals surface area (Å²) >= 11 is 0. The van der Waals surface area contributed by atoms with Gasteiger partial charge in [0.1, 0.15) is 23.4 Å². The van der Waals surface area contributed by atoms with Gasteiger partial charge in [-0.15, -0.1) is 13.2 Å². The number of halogens is 3. The molecule has 10 heteroatoms. The van der Waals surface area contributed by atoms with Crippen LogP contribution in [0.4, 0.5) is 13.2 Å². The highest BCUT2D eigenvalue weighted by Gasteiger charge is 2.44. The predicted molar refractivity (Wildman–Crippen MR) is 138 cm³/mol. The molecule has 7 nitrogen and oxygen atoms in total. The van der Waals surface area contributed by atoms with Gasteiger partial charge in [-0.25, -0.2) is 4.79 Å². The number of ether oxygens (including phenoxy) is 4. The molecule has 2 aliphatic rings. The largest absolute Gasteiger partial charge is 0.573 e. The molecule has 0 spiro atoms. The Hall–Kier alpha value is -4.21. The van der Waals surface area contributed by atoms with E-state index in [9.17, 15) is 22.8 Å². The fourth-order valence-electron chi connectivity index (χ4n) is 5.46. The van der Waals surface area contributed by atoms with Crippen LogP contribution in [0.1, 0.15) is 64.5 Å². The van der Waals surface area contributed by atoms with Crippen LogP contribution < -0.4 is 19.5 Å². The Kier molecular flexibility index (Phi) is 7.12. The molecule has 0 bridgehead atoms. The molecule has 40 heavy (non-hydrogen) atoms. The van der Waals surface area contributed by atoms with Crippen molar-refractivity contribution in [3.63, 3.8) is 0 Å². The van der Waals surface area contributed by atoms with Crippen LogP contribution in [0.3, 0.4) is 0 Å². The van der Waals surface area contributed by atoms with E-state index in [4.69, 9.17) is 14.2 Å². The van der Waals surface area contributed by atoms with E-state index in [1.807, 2.05) is 12.1 Å². The van der Waals surface area contributed by atoms with Crippen LogP contribution in [0.25, 0.3) is 0 Å². The Morgan fingerprint density at radius 1 is 1.02 bits per heavy atom. The van der Waals surface area contributed by atoms with E-state index < -0.39 is 29.9 Å². The Balaban J connectivity index is 1.46. The number of benzene rings is 3. The third-order valence-electron chi connectivity index (χ3n) is 7.60. The van der Waals surface area contributed by atoms with E-state index in [0.29, 0.717) is 41.9 Å². The van der Waals surface area contributed by atoms with E-state index in [1.165, 1.54) is 26.4 Å². The lowest BCUT2D eigenvalue weighted by Gasteiger charge is -2.35. The number of carbonyl (C=O) groups is 2. The maximum atomic E-state index is 13.9. The molecule has 210 valence electrons. The van der Waals surface area contributed by atoms with Gasteiger partial charge in [0, 0.05) is 18.1 Å². The maximum Gasteiger partial charge on any atom is 0.573 e. The number of nitrogens with one attached hydrogen (secondary N) is 1. The van der Waals surface area contributed by atoms with Gasteiger partial charge in [-0.3, -0.25) is 4.79 Å². The lowest BCUT2D eigenvalue weighted by Crippen LogP contribution is -2.44. The van der Waals surface area contributed by atoms with Gasteiger partial charge in [-0.05, 0) is 72.9 Å². The van der Waals surface area contributed by atoms with Crippen molar-refractivity contribution in [1.82, 2.24) is 5.32 Å². The Bertz CT molecular complexity index is 1460. The summed E-state index contributed by atoms with van der Waals surface area (Å²) in [6.07, 6.45) is -4.00. The minimum atomic E-state index is -4.83. The molecule has 0 saturated heterocycles. The molecule has 0 radical (unpaired) electrons. The molecule has 3 aromatic carbocycles. The molecule has 3 atom stereocenters. The highest BCUT2D eigenvalue weighted by Crippen LogP contribution is 2.45. The number of hydrogen-bond donors (Lipinski definition) is 1. The first-order valence-corrected chi connectivity index (χ1v) is 12.7. The molecule has 0 saturated carbocycles. The van der Waals surface area contributed by atoms with Gasteiger partial charge in [0.25, 0.3) is 0 Å². The van der Waals surface area contributed by atoms with Crippen molar-refractivity contribution >= 4 is 11.9 Å². The summed E-state index contributed by atoms with van der Waals surface area (Å²) in [6.45, 7) is 1.73. The van der Waals surface area contributed by atoms with Crippen molar-refractivity contribution in [2.24, 2.45) is 0 Å². The zero-order chi connectivity index (χ0) is 28.7. The topological polar surface area (TPSA) is 83.1 Å². The molecule has 1 amide bonds. The Morgan fingerprint density at radius 3 is 2.52 bits per heavy atom. The van der Waals surface area contributed by atoms with E-state index >= 15 is 0 Å². The van der Waals surface area contributed by atoms with E-state index in [-0.39, 0.29) is 11.7 Å². The van der Waals surface area contributed by atoms with Crippen LogP contribution in [0.5, 0.6) is 17.2 Å². The maximum absolute atomic E-state index is 13.9. The van der Waals surface area contributed by atoms with Gasteiger partial charge in [-0.2, -0.15) is 0 Å². The Labute approximate surface area is 229 Å². The molecule has 1 aliphatic carbocycles. The summed E-state index contributed by atoms with van der Waals surface area (Å²) < 4.78 is 59.2. The average Bonchev–Trinajstić information content (AvgIpc) is 3.28. The molecule has 1 heterocycles. The van der Waals surface area contributed by atoms with E-state index in [1.54, 1.807) is 43.3 Å². The molecule has 1 unspecified atom stereocenters. The van der Waals surface area contributed by atoms with Crippen molar-refractivity contribution in [1.29, 1.82) is 0 Å². The van der Waals surface area contributed by atoms with Gasteiger partial charge < -0.3 is 24.3 Å². The zero-order valence-corrected chi connectivity index (χ0v) is 22.1. The van der Waals surface area contributed by atoms with Crippen molar-refractivity contribution in [3.05, 3.63) is 88.5 Å². The third kappa shape index (κ3) is 5.30. The second kappa shape index (κ2) is 10.4. The van der Waals surface area contributed by atoms with Gasteiger partial charge in [0.2, 0.25) is 5.91 Å². The molecular formula is C30H28F3NO6. The van der Waals surface area contributed by atoms with E-state index in [2.05, 4.69) is 10.1 Å². The minimum absolute atomic E-state index is 0.314. The number of carbonyl (C=O) groups excluding carboxylic acids is 2. The number of fused-ring (bicyclic) bond motifs is 2. The highest BCUT2D eigenvalue weighted by atomic mass is 19.4. The monoisotopic (exact) mass is 555 g/mol. The first-order chi connectivity index (χ1) is 19.0. The third-order valence-corrected chi connectivity index (χ3v) is 7.60. The number of hydrogen-bond acceptors (Lipinski definition) is 6. The Morgan fingerprint density at radius 2 is 1.80 bits per heavy atom. The summed E-state index contributed by atoms with van der Waals surface area (Å²) in [5, 5.41) is 3.14. The fraction of sp³-hybridized carbons (Fsp3) is 0.333. The quantitative estimate of drug-likeness (QED) is 0.378. The average molecular weight is 556 g/mol. The molecule has 1 N–H and O–H groups in total. The predicted octanol–water partition coefficient (Wildman–Crippen LogP) is 5.97. The molecule has 5 rings (SSSR count). The van der Waals surface area contributed by atoms with E-state index in [0.717, 1.165) is 16.7 Å². The summed E-state index contributed by atoms with van der Waals surface area (Å²) in [4.78, 5) is 26.0. The van der Waals surface area contributed by atoms with Gasteiger partial charge in [0.05, 0.1) is 31.2 Å². The number of alkyl halides is 3. The number of methoxy groups -OCH3 is 2. The lowest BCUT2D eigenvalue weighted by molar-refractivity contribution is -0.274. The van der Waals surface area contributed by atoms with Gasteiger partial charge >= 0.3 is 12.3 Å². The zero-order valence-electron chi connectivity index (χ0n) is 22.1. The normalized spacial score (nSPS) is 21.4. The second-order valence-electron chi connectivity index (χ2n) is 10.1. The number of amides is 1. The highest BCUT2D eigenvalue weighted by molar-refractivity contribution is 5.90. The van der Waals surface area contributed by atoms with Crippen LogP contribution in [-0.2, 0) is 21.4 Å². The summed E-state index contributed by atoms with van der Waals surface area (Å²) in [6, 6.07) is 15.9. The van der Waals surface area contributed by atoms with Crippen molar-refractivity contribution in [2.45, 2.75) is 50.1 Å². The first kappa shape index (κ1) is 27.4.